The summed E-state index contributed by atoms with van der Waals surface area (Å²) in [7, 11) is -1.32. The Morgan fingerprint density at radius 2 is 1.42 bits per heavy atom. The Morgan fingerprint density at radius 3 is 1.88 bits per heavy atom. The average molecular weight is 612 g/mol. The third kappa shape index (κ3) is 8.27. The van der Waals surface area contributed by atoms with E-state index in [4.69, 9.17) is 10.5 Å². The highest BCUT2D eigenvalue weighted by Gasteiger charge is 2.37. The summed E-state index contributed by atoms with van der Waals surface area (Å²) in [5.41, 5.74) is 8.83. The second-order valence-electron chi connectivity index (χ2n) is 10.4. The summed E-state index contributed by atoms with van der Waals surface area (Å²) in [4.78, 5) is 27.8. The topological polar surface area (TPSA) is 150 Å². The molecule has 232 valence electrons. The highest BCUT2D eigenvalue weighted by Crippen LogP contribution is 2.29. The lowest BCUT2D eigenvalue weighted by molar-refractivity contribution is -0.132. The maximum atomic E-state index is 13.8. The number of hydrogen-bond donors (Lipinski definition) is 3. The molecule has 0 radical (unpaired) electrons. The van der Waals surface area contributed by atoms with Crippen LogP contribution in [-0.4, -0.2) is 78.7 Å². The van der Waals surface area contributed by atoms with Gasteiger partial charge in [-0.15, -0.1) is 0 Å². The van der Waals surface area contributed by atoms with Gasteiger partial charge in [0.1, 0.15) is 0 Å². The van der Waals surface area contributed by atoms with Gasteiger partial charge in [-0.2, -0.15) is 4.31 Å². The predicted octanol–water partition coefficient (Wildman–Crippen LogP) is 3.47. The zero-order chi connectivity index (χ0) is 31.6. The molecule has 0 aliphatic heterocycles. The van der Waals surface area contributed by atoms with Crippen molar-refractivity contribution in [2.24, 2.45) is 5.73 Å². The van der Waals surface area contributed by atoms with Crippen molar-refractivity contribution in [3.63, 3.8) is 0 Å². The summed E-state index contributed by atoms with van der Waals surface area (Å²) in [6.07, 6.45) is 0.159. The molecule has 0 aromatic heterocycles. The van der Waals surface area contributed by atoms with E-state index in [0.717, 1.165) is 20.3 Å². The van der Waals surface area contributed by atoms with Crippen LogP contribution in [0.1, 0.15) is 48.8 Å². The number of nitrogens with two attached hydrogens (primary N) is 1. The van der Waals surface area contributed by atoms with E-state index in [0.29, 0.717) is 18.4 Å². The molecular formula is C32H41N3O7S. The number of carbonyl (C=O) groups is 2. The molecule has 0 aliphatic rings. The fourth-order valence-electron chi connectivity index (χ4n) is 5.11. The van der Waals surface area contributed by atoms with E-state index < -0.39 is 52.7 Å². The summed E-state index contributed by atoms with van der Waals surface area (Å²) in [5, 5.41) is 19.3. The molecule has 0 spiro atoms. The smallest absolute Gasteiger partial charge is 0.416 e. The minimum Gasteiger partial charge on any atom is -0.452 e. The number of ether oxygens (including phenoxy) is 1. The number of sulfonamides is 1. The van der Waals surface area contributed by atoms with Crippen LogP contribution >= 0.6 is 0 Å². The fraction of sp³-hybridized carbons (Fsp3) is 0.375. The molecule has 0 bridgehead atoms. The lowest BCUT2D eigenvalue weighted by Gasteiger charge is -2.32. The van der Waals surface area contributed by atoms with Gasteiger partial charge in [0.25, 0.3) is 0 Å². The van der Waals surface area contributed by atoms with Crippen molar-refractivity contribution in [2.75, 3.05) is 20.8 Å². The van der Waals surface area contributed by atoms with Crippen molar-refractivity contribution in [1.82, 2.24) is 9.21 Å². The Hall–Kier alpha value is -3.61. The number of amides is 2. The fourth-order valence-corrected chi connectivity index (χ4v) is 6.49. The van der Waals surface area contributed by atoms with Gasteiger partial charge in [0.2, 0.25) is 15.9 Å². The average Bonchev–Trinajstić information content (AvgIpc) is 3.03. The van der Waals surface area contributed by atoms with Crippen LogP contribution in [0.2, 0.25) is 0 Å². The number of imide groups is 1. The van der Waals surface area contributed by atoms with Crippen LogP contribution in [0, 0.1) is 0 Å². The number of benzene rings is 3. The van der Waals surface area contributed by atoms with Gasteiger partial charge in [0.15, 0.2) is 0 Å². The largest absolute Gasteiger partial charge is 0.452 e. The Labute approximate surface area is 253 Å². The normalized spacial score (nSPS) is 13.9. The molecule has 0 saturated heterocycles. The van der Waals surface area contributed by atoms with Crippen molar-refractivity contribution >= 4 is 22.0 Å². The Morgan fingerprint density at radius 1 is 0.884 bits per heavy atom. The van der Waals surface area contributed by atoms with Gasteiger partial charge in [-0.1, -0.05) is 72.8 Å². The molecule has 3 aromatic rings. The minimum atomic E-state index is -3.91. The standard InChI is InChI=1S/C32H41N3O7S/c1-23(11-10-16-27(22-37)34(2)43(40,41)28-19-17-24(21-36)18-20-28)35(32(39)42-3)31(38)30(33)29(25-12-6-4-7-13-25)26-14-8-5-9-15-26/h4-9,12-15,17-20,23,27,29-30,36-37H,10-11,16,21-22,33H2,1-3H3/t23-,27-,30-/m0/s1. The first kappa shape index (κ1) is 33.9. The van der Waals surface area contributed by atoms with Crippen molar-refractivity contribution in [1.29, 1.82) is 0 Å². The van der Waals surface area contributed by atoms with Gasteiger partial charge >= 0.3 is 6.09 Å². The first-order valence-electron chi connectivity index (χ1n) is 14.1. The Balaban J connectivity index is 1.74. The molecule has 0 fully saturated rings. The lowest BCUT2D eigenvalue weighted by Crippen LogP contribution is -2.53. The molecule has 3 rings (SSSR count). The summed E-state index contributed by atoms with van der Waals surface area (Å²) in [6.45, 7) is 1.08. The molecule has 11 heteroatoms. The van der Waals surface area contributed by atoms with E-state index in [-0.39, 0.29) is 17.9 Å². The van der Waals surface area contributed by atoms with Gasteiger partial charge in [-0.25, -0.2) is 18.1 Å². The third-order valence-corrected chi connectivity index (χ3v) is 9.60. The summed E-state index contributed by atoms with van der Waals surface area (Å²) < 4.78 is 32.4. The predicted molar refractivity (Wildman–Crippen MR) is 163 cm³/mol. The number of aliphatic hydroxyl groups is 2. The maximum absolute atomic E-state index is 13.8. The van der Waals surface area contributed by atoms with Crippen LogP contribution in [-0.2, 0) is 26.2 Å². The van der Waals surface area contributed by atoms with Crippen LogP contribution in [0.25, 0.3) is 0 Å². The van der Waals surface area contributed by atoms with Crippen LogP contribution in [0.5, 0.6) is 0 Å². The number of carbonyl (C=O) groups excluding carboxylic acids is 2. The zero-order valence-electron chi connectivity index (χ0n) is 24.7. The van der Waals surface area contributed by atoms with Crippen molar-refractivity contribution in [2.45, 2.75) is 61.7 Å². The molecule has 0 unspecified atom stereocenters. The Bertz CT molecular complexity index is 1380. The number of likely N-dealkylation sites (N-methyl/N-ethyl adjacent to an activating group) is 1. The Kier molecular flexibility index (Phi) is 12.4. The first-order valence-corrected chi connectivity index (χ1v) is 15.6. The van der Waals surface area contributed by atoms with Crippen LogP contribution in [0.4, 0.5) is 4.79 Å². The van der Waals surface area contributed by atoms with Crippen molar-refractivity contribution < 1.29 is 33.0 Å². The molecule has 0 aliphatic carbocycles. The summed E-state index contributed by atoms with van der Waals surface area (Å²) in [5.74, 6) is -1.11. The molecule has 0 saturated carbocycles. The molecule has 3 atom stereocenters. The molecule has 43 heavy (non-hydrogen) atoms. The highest BCUT2D eigenvalue weighted by molar-refractivity contribution is 7.89. The lowest BCUT2D eigenvalue weighted by atomic mass is 9.84. The molecule has 2 amide bonds. The second-order valence-corrected chi connectivity index (χ2v) is 12.4. The zero-order valence-corrected chi connectivity index (χ0v) is 25.6. The highest BCUT2D eigenvalue weighted by atomic mass is 32.2. The summed E-state index contributed by atoms with van der Waals surface area (Å²) >= 11 is 0. The van der Waals surface area contributed by atoms with Crippen molar-refractivity contribution in [3.05, 3.63) is 102 Å². The van der Waals surface area contributed by atoms with Gasteiger partial charge in [0, 0.05) is 25.0 Å². The SMILES string of the molecule is COC(=O)N(C(=O)[C@@H](N)C(c1ccccc1)c1ccccc1)[C@@H](C)CCC[C@@H](CO)N(C)S(=O)(=O)c1ccc(CO)cc1. The first-order chi connectivity index (χ1) is 20.6. The van der Waals surface area contributed by atoms with Crippen LogP contribution < -0.4 is 5.73 Å². The van der Waals surface area contributed by atoms with E-state index in [9.17, 15) is 28.2 Å². The second kappa shape index (κ2) is 15.7. The molecule has 10 nitrogen and oxygen atoms in total. The number of nitrogens with zero attached hydrogens (tertiary/aromatic N) is 2. The van der Waals surface area contributed by atoms with E-state index in [2.05, 4.69) is 0 Å². The monoisotopic (exact) mass is 611 g/mol. The minimum absolute atomic E-state index is 0.0434. The van der Waals surface area contributed by atoms with Crippen LogP contribution in [0.15, 0.2) is 89.8 Å². The van der Waals surface area contributed by atoms with Gasteiger partial charge in [-0.3, -0.25) is 4.79 Å². The van der Waals surface area contributed by atoms with E-state index in [1.54, 1.807) is 6.92 Å². The van der Waals surface area contributed by atoms with E-state index >= 15 is 0 Å². The van der Waals surface area contributed by atoms with Gasteiger partial charge in [0.05, 0.1) is 31.3 Å². The molecule has 4 N–H and O–H groups in total. The van der Waals surface area contributed by atoms with E-state index in [1.165, 1.54) is 38.4 Å². The number of methoxy groups -OCH3 is 1. The number of hydrogen-bond acceptors (Lipinski definition) is 8. The summed E-state index contributed by atoms with van der Waals surface area (Å²) in [6, 6.07) is 22.2. The quantitative estimate of drug-likeness (QED) is 0.251. The van der Waals surface area contributed by atoms with E-state index in [1.807, 2.05) is 60.7 Å². The van der Waals surface area contributed by atoms with Crippen LogP contribution in [0.3, 0.4) is 0 Å². The number of aliphatic hydroxyl groups excluding tert-OH is 2. The van der Waals surface area contributed by atoms with Crippen molar-refractivity contribution in [3.8, 4) is 0 Å². The van der Waals surface area contributed by atoms with Gasteiger partial charge < -0.3 is 20.7 Å². The molecule has 3 aromatic carbocycles. The molecule has 0 heterocycles. The van der Waals surface area contributed by atoms with Gasteiger partial charge in [-0.05, 0) is 55.0 Å². The third-order valence-electron chi connectivity index (χ3n) is 7.68. The molecular weight excluding hydrogens is 570 g/mol. The maximum Gasteiger partial charge on any atom is 0.416 e. The number of rotatable bonds is 14.